The van der Waals surface area contributed by atoms with Gasteiger partial charge < -0.3 is 10.2 Å². The molecule has 0 spiro atoms. The van der Waals surface area contributed by atoms with Gasteiger partial charge in [0.1, 0.15) is 0 Å². The summed E-state index contributed by atoms with van der Waals surface area (Å²) >= 11 is 0. The van der Waals surface area contributed by atoms with Crippen LogP contribution in [0.1, 0.15) is 93.4 Å². The van der Waals surface area contributed by atoms with Gasteiger partial charge in [-0.15, -0.1) is 0 Å². The molecule has 2 N–H and O–H groups in total. The van der Waals surface area contributed by atoms with Gasteiger partial charge in [0.2, 0.25) is 0 Å². The van der Waals surface area contributed by atoms with Crippen LogP contribution in [-0.2, 0) is 0 Å². The summed E-state index contributed by atoms with van der Waals surface area (Å²) in [5.41, 5.74) is 0.0527. The largest absolute Gasteiger partial charge is 0.365 e. The molecule has 2 fully saturated rings. The van der Waals surface area contributed by atoms with Crippen LogP contribution in [0.15, 0.2) is 0 Å². The summed E-state index contributed by atoms with van der Waals surface area (Å²) < 4.78 is 0. The zero-order valence-electron chi connectivity index (χ0n) is 17.9. The molecule has 1 unspecified atom stereocenters. The average molecular weight is 353 g/mol. The number of hydrogen-bond acceptors (Lipinski definition) is 2. The fourth-order valence-corrected chi connectivity index (χ4v) is 5.92. The standard InChI is InChI=1S/C23H44O2/c1-15(2)19-10-12-22(7,13-11-19)18(6)23(24,25)21-14-17(5)8-9-20(21)16(3)4/h15-21,24-25H,8-14H2,1-7H3/t17-,18?,19?,20+,21-,22?/m0/s1. The maximum absolute atomic E-state index is 11.4. The molecule has 0 amide bonds. The lowest BCUT2D eigenvalue weighted by Crippen LogP contribution is -2.55. The number of hydrogen-bond donors (Lipinski definition) is 2. The minimum Gasteiger partial charge on any atom is -0.365 e. The van der Waals surface area contributed by atoms with Crippen LogP contribution in [0.3, 0.4) is 0 Å². The van der Waals surface area contributed by atoms with Crippen molar-refractivity contribution in [3.8, 4) is 0 Å². The fourth-order valence-electron chi connectivity index (χ4n) is 5.92. The Bertz CT molecular complexity index is 418. The Morgan fingerprint density at radius 2 is 1.44 bits per heavy atom. The van der Waals surface area contributed by atoms with Crippen molar-refractivity contribution in [1.29, 1.82) is 0 Å². The number of aliphatic hydroxyl groups is 2. The van der Waals surface area contributed by atoms with E-state index in [0.717, 1.165) is 37.5 Å². The minimum absolute atomic E-state index is 0.0193. The van der Waals surface area contributed by atoms with Gasteiger partial charge in [-0.3, -0.25) is 0 Å². The van der Waals surface area contributed by atoms with Crippen molar-refractivity contribution in [3.63, 3.8) is 0 Å². The van der Waals surface area contributed by atoms with Crippen molar-refractivity contribution < 1.29 is 10.2 Å². The molecular weight excluding hydrogens is 308 g/mol. The molecule has 4 atom stereocenters. The zero-order chi connectivity index (χ0) is 19.0. The fraction of sp³-hybridized carbons (Fsp3) is 1.00. The quantitative estimate of drug-likeness (QED) is 0.608. The Labute approximate surface area is 156 Å². The van der Waals surface area contributed by atoms with E-state index in [-0.39, 0.29) is 17.3 Å². The van der Waals surface area contributed by atoms with Gasteiger partial charge in [0.05, 0.1) is 0 Å². The van der Waals surface area contributed by atoms with E-state index >= 15 is 0 Å². The summed E-state index contributed by atoms with van der Waals surface area (Å²) in [6.45, 7) is 15.9. The second kappa shape index (κ2) is 7.89. The molecule has 0 radical (unpaired) electrons. The SMILES string of the molecule is CC(C)C1CCC(C)(C(C)C(O)(O)[C@H]2C[C@@H](C)CC[C@@H]2C(C)C)CC1. The van der Waals surface area contributed by atoms with Gasteiger partial charge in [-0.25, -0.2) is 0 Å². The van der Waals surface area contributed by atoms with Gasteiger partial charge >= 0.3 is 0 Å². The summed E-state index contributed by atoms with van der Waals surface area (Å²) in [6.07, 6.45) is 8.09. The van der Waals surface area contributed by atoms with Crippen molar-refractivity contribution in [3.05, 3.63) is 0 Å². The van der Waals surface area contributed by atoms with Crippen molar-refractivity contribution in [1.82, 2.24) is 0 Å². The van der Waals surface area contributed by atoms with Crippen LogP contribution in [0.25, 0.3) is 0 Å². The van der Waals surface area contributed by atoms with Crippen LogP contribution in [-0.4, -0.2) is 16.0 Å². The predicted molar refractivity (Wildman–Crippen MR) is 106 cm³/mol. The van der Waals surface area contributed by atoms with Crippen LogP contribution in [0.2, 0.25) is 0 Å². The summed E-state index contributed by atoms with van der Waals surface area (Å²) in [5.74, 6) is 1.54. The van der Waals surface area contributed by atoms with Crippen molar-refractivity contribution in [2.75, 3.05) is 0 Å². The molecule has 148 valence electrons. The lowest BCUT2D eigenvalue weighted by Gasteiger charge is -2.52. The first-order chi connectivity index (χ1) is 11.5. The van der Waals surface area contributed by atoms with Gasteiger partial charge in [0.15, 0.2) is 5.79 Å². The first kappa shape index (κ1) is 21.2. The van der Waals surface area contributed by atoms with E-state index in [1.54, 1.807) is 0 Å². The molecule has 0 heterocycles. The van der Waals surface area contributed by atoms with Crippen molar-refractivity contribution >= 4 is 0 Å². The van der Waals surface area contributed by atoms with Crippen LogP contribution in [0, 0.1) is 46.8 Å². The van der Waals surface area contributed by atoms with Crippen LogP contribution < -0.4 is 0 Å². The van der Waals surface area contributed by atoms with Crippen LogP contribution in [0.4, 0.5) is 0 Å². The Morgan fingerprint density at radius 1 is 0.880 bits per heavy atom. The Morgan fingerprint density at radius 3 is 1.92 bits per heavy atom. The molecule has 0 aromatic rings. The van der Waals surface area contributed by atoms with Crippen LogP contribution >= 0.6 is 0 Å². The highest BCUT2D eigenvalue weighted by molar-refractivity contribution is 4.98. The molecule has 2 aliphatic rings. The van der Waals surface area contributed by atoms with E-state index in [4.69, 9.17) is 0 Å². The van der Waals surface area contributed by atoms with Gasteiger partial charge in [-0.1, -0.05) is 54.9 Å². The molecule has 0 aromatic heterocycles. The van der Waals surface area contributed by atoms with E-state index in [0.29, 0.717) is 17.8 Å². The van der Waals surface area contributed by atoms with E-state index in [2.05, 4.69) is 48.5 Å². The Kier molecular flexibility index (Phi) is 6.69. The molecule has 2 heteroatoms. The van der Waals surface area contributed by atoms with Gasteiger partial charge in [-0.2, -0.15) is 0 Å². The summed E-state index contributed by atoms with van der Waals surface area (Å²) in [7, 11) is 0. The molecule has 2 saturated carbocycles. The maximum atomic E-state index is 11.4. The second-order valence-electron chi connectivity index (χ2n) is 10.7. The highest BCUT2D eigenvalue weighted by atomic mass is 16.5. The lowest BCUT2D eigenvalue weighted by atomic mass is 9.57. The highest BCUT2D eigenvalue weighted by Gasteiger charge is 2.52. The molecule has 2 aliphatic carbocycles. The van der Waals surface area contributed by atoms with Gasteiger partial charge in [0.25, 0.3) is 0 Å². The summed E-state index contributed by atoms with van der Waals surface area (Å²) in [6, 6.07) is 0. The third-order valence-electron chi connectivity index (χ3n) is 8.37. The molecule has 0 aliphatic heterocycles. The molecular formula is C23H44O2. The van der Waals surface area contributed by atoms with Crippen molar-refractivity contribution in [2.24, 2.45) is 46.8 Å². The zero-order valence-corrected chi connectivity index (χ0v) is 17.9. The molecule has 25 heavy (non-hydrogen) atoms. The smallest absolute Gasteiger partial charge is 0.168 e. The molecule has 2 rings (SSSR count). The topological polar surface area (TPSA) is 40.5 Å². The third kappa shape index (κ3) is 4.43. The van der Waals surface area contributed by atoms with Crippen LogP contribution in [0.5, 0.6) is 0 Å². The third-order valence-corrected chi connectivity index (χ3v) is 8.37. The highest BCUT2D eigenvalue weighted by Crippen LogP contribution is 2.53. The predicted octanol–water partition coefficient (Wildman–Crippen LogP) is 5.86. The van der Waals surface area contributed by atoms with Gasteiger partial charge in [-0.05, 0) is 73.5 Å². The number of rotatable bonds is 5. The summed E-state index contributed by atoms with van der Waals surface area (Å²) in [4.78, 5) is 0. The monoisotopic (exact) mass is 352 g/mol. The second-order valence-corrected chi connectivity index (χ2v) is 10.7. The molecule has 2 nitrogen and oxygen atoms in total. The summed E-state index contributed by atoms with van der Waals surface area (Å²) in [5, 5.41) is 22.8. The normalized spacial score (nSPS) is 39.0. The van der Waals surface area contributed by atoms with E-state index in [1.807, 2.05) is 0 Å². The van der Waals surface area contributed by atoms with E-state index in [1.165, 1.54) is 19.3 Å². The molecule has 0 bridgehead atoms. The minimum atomic E-state index is -1.54. The first-order valence-corrected chi connectivity index (χ1v) is 10.9. The Balaban J connectivity index is 2.16. The molecule has 0 aromatic carbocycles. The molecule has 0 saturated heterocycles. The van der Waals surface area contributed by atoms with E-state index < -0.39 is 5.79 Å². The lowest BCUT2D eigenvalue weighted by molar-refractivity contribution is -0.278. The van der Waals surface area contributed by atoms with Crippen molar-refractivity contribution in [2.45, 2.75) is 99.2 Å². The first-order valence-electron chi connectivity index (χ1n) is 10.9. The van der Waals surface area contributed by atoms with Gasteiger partial charge in [0, 0.05) is 11.8 Å². The average Bonchev–Trinajstić information content (AvgIpc) is 2.54. The Hall–Kier alpha value is -0.0800. The van der Waals surface area contributed by atoms with E-state index in [9.17, 15) is 10.2 Å². The maximum Gasteiger partial charge on any atom is 0.168 e.